The number of hydrogen-bond donors (Lipinski definition) is 1. The maximum absolute atomic E-state index is 12.8. The molecule has 34 heavy (non-hydrogen) atoms. The van der Waals surface area contributed by atoms with E-state index in [9.17, 15) is 9.59 Å². The van der Waals surface area contributed by atoms with Crippen molar-refractivity contribution in [2.45, 2.75) is 6.54 Å². The zero-order valence-corrected chi connectivity index (χ0v) is 18.2. The minimum Gasteiger partial charge on any atom is -0.422 e. The average Bonchev–Trinajstić information content (AvgIpc) is 3.31. The Balaban J connectivity index is 1.50. The van der Waals surface area contributed by atoms with Crippen LogP contribution in [0.2, 0.25) is 0 Å². The Hall–Kier alpha value is -4.71. The lowest BCUT2D eigenvalue weighted by Gasteiger charge is -2.02. The van der Waals surface area contributed by atoms with Crippen LogP contribution < -0.4 is 10.9 Å². The summed E-state index contributed by atoms with van der Waals surface area (Å²) in [5.41, 5.74) is 3.27. The van der Waals surface area contributed by atoms with E-state index in [0.29, 0.717) is 28.9 Å². The van der Waals surface area contributed by atoms with Crippen LogP contribution >= 0.6 is 0 Å². The van der Waals surface area contributed by atoms with Gasteiger partial charge in [0.25, 0.3) is 0 Å². The molecule has 1 amide bonds. The molecule has 1 N–H and O–H groups in total. The van der Waals surface area contributed by atoms with E-state index in [2.05, 4.69) is 10.4 Å². The van der Waals surface area contributed by atoms with Gasteiger partial charge in [0.1, 0.15) is 11.3 Å². The Morgan fingerprint density at radius 2 is 1.65 bits per heavy atom. The molecule has 0 spiro atoms. The number of carbonyl (C=O) groups excluding carboxylic acids is 1. The Morgan fingerprint density at radius 3 is 2.44 bits per heavy atom. The lowest BCUT2D eigenvalue weighted by atomic mass is 10.1. The van der Waals surface area contributed by atoms with Gasteiger partial charge in [-0.05, 0) is 35.9 Å². The van der Waals surface area contributed by atoms with E-state index >= 15 is 0 Å². The highest BCUT2D eigenvalue weighted by Gasteiger charge is 2.16. The summed E-state index contributed by atoms with van der Waals surface area (Å²) in [4.78, 5) is 25.3. The number of nitrogens with zero attached hydrogens (tertiary/aromatic N) is 2. The molecule has 0 fully saturated rings. The Morgan fingerprint density at radius 1 is 0.941 bits per heavy atom. The molecule has 0 saturated heterocycles. The molecule has 5 aromatic rings. The molecular formula is C28H21N3O3. The van der Waals surface area contributed by atoms with Crippen molar-refractivity contribution in [3.05, 3.63) is 125 Å². The molecule has 3 aromatic carbocycles. The predicted molar refractivity (Wildman–Crippen MR) is 132 cm³/mol. The van der Waals surface area contributed by atoms with Crippen molar-refractivity contribution in [3.8, 4) is 16.9 Å². The summed E-state index contributed by atoms with van der Waals surface area (Å²) in [7, 11) is 0. The van der Waals surface area contributed by atoms with Crippen molar-refractivity contribution >= 4 is 23.0 Å². The standard InChI is InChI=1S/C28H21N3O3/c32-26(29-18-20-9-3-1-4-10-20)16-15-22-19-31(23-12-5-2-6-13-23)30-27(22)24-17-21-11-7-8-14-25(21)34-28(24)33/h1-17,19H,18H2,(H,29,32)/b16-15+. The summed E-state index contributed by atoms with van der Waals surface area (Å²) in [6, 6.07) is 28.4. The normalized spacial score (nSPS) is 11.2. The van der Waals surface area contributed by atoms with E-state index in [1.54, 1.807) is 29.1 Å². The van der Waals surface area contributed by atoms with Crippen molar-refractivity contribution < 1.29 is 9.21 Å². The second kappa shape index (κ2) is 9.42. The van der Waals surface area contributed by atoms with Crippen LogP contribution in [-0.2, 0) is 11.3 Å². The van der Waals surface area contributed by atoms with Crippen LogP contribution in [0.15, 0.2) is 112 Å². The van der Waals surface area contributed by atoms with Gasteiger partial charge in [0.05, 0.1) is 11.3 Å². The molecule has 0 unspecified atom stereocenters. The van der Waals surface area contributed by atoms with Crippen LogP contribution in [-0.4, -0.2) is 15.7 Å². The monoisotopic (exact) mass is 447 g/mol. The summed E-state index contributed by atoms with van der Waals surface area (Å²) >= 11 is 0. The number of para-hydroxylation sites is 2. The number of rotatable bonds is 6. The molecule has 166 valence electrons. The fourth-order valence-electron chi connectivity index (χ4n) is 3.67. The van der Waals surface area contributed by atoms with Crippen molar-refractivity contribution in [1.29, 1.82) is 0 Å². The van der Waals surface area contributed by atoms with Gasteiger partial charge in [0.15, 0.2) is 0 Å². The second-order valence-electron chi connectivity index (χ2n) is 7.74. The Kier molecular flexibility index (Phi) is 5.86. The number of benzene rings is 3. The van der Waals surface area contributed by atoms with Gasteiger partial charge in [-0.3, -0.25) is 4.79 Å². The van der Waals surface area contributed by atoms with Gasteiger partial charge in [-0.2, -0.15) is 5.10 Å². The van der Waals surface area contributed by atoms with Crippen molar-refractivity contribution in [1.82, 2.24) is 15.1 Å². The minimum absolute atomic E-state index is 0.243. The number of amides is 1. The molecule has 0 radical (unpaired) electrons. The van der Waals surface area contributed by atoms with Crippen LogP contribution in [0.4, 0.5) is 0 Å². The molecule has 0 aliphatic heterocycles. The van der Waals surface area contributed by atoms with Gasteiger partial charge in [0.2, 0.25) is 5.91 Å². The van der Waals surface area contributed by atoms with E-state index in [1.165, 1.54) is 6.08 Å². The highest BCUT2D eigenvalue weighted by atomic mass is 16.4. The highest BCUT2D eigenvalue weighted by Crippen LogP contribution is 2.25. The first kappa shape index (κ1) is 21.2. The first-order valence-electron chi connectivity index (χ1n) is 10.9. The number of carbonyl (C=O) groups is 1. The smallest absolute Gasteiger partial charge is 0.345 e. The summed E-state index contributed by atoms with van der Waals surface area (Å²) in [6.07, 6.45) is 4.90. The van der Waals surface area contributed by atoms with E-state index < -0.39 is 5.63 Å². The molecule has 0 bridgehead atoms. The van der Waals surface area contributed by atoms with E-state index in [-0.39, 0.29) is 5.91 Å². The largest absolute Gasteiger partial charge is 0.422 e. The highest BCUT2D eigenvalue weighted by molar-refractivity contribution is 5.93. The maximum Gasteiger partial charge on any atom is 0.345 e. The summed E-state index contributed by atoms with van der Waals surface area (Å²) in [6.45, 7) is 0.425. The third kappa shape index (κ3) is 4.56. The molecule has 0 aliphatic carbocycles. The van der Waals surface area contributed by atoms with Gasteiger partial charge in [-0.1, -0.05) is 66.7 Å². The van der Waals surface area contributed by atoms with Crippen LogP contribution in [0.5, 0.6) is 0 Å². The average molecular weight is 447 g/mol. The molecule has 0 aliphatic rings. The van der Waals surface area contributed by atoms with E-state index in [4.69, 9.17) is 4.42 Å². The lowest BCUT2D eigenvalue weighted by Crippen LogP contribution is -2.20. The SMILES string of the molecule is O=C(/C=C/c1cn(-c2ccccc2)nc1-c1cc2ccccc2oc1=O)NCc1ccccc1. The molecule has 6 heteroatoms. The van der Waals surface area contributed by atoms with Crippen LogP contribution in [0.3, 0.4) is 0 Å². The Labute approximate surface area is 195 Å². The molecule has 0 saturated carbocycles. The van der Waals surface area contributed by atoms with Crippen LogP contribution in [0.1, 0.15) is 11.1 Å². The van der Waals surface area contributed by atoms with Crippen LogP contribution in [0, 0.1) is 0 Å². The second-order valence-corrected chi connectivity index (χ2v) is 7.74. The quantitative estimate of drug-likeness (QED) is 0.294. The van der Waals surface area contributed by atoms with Crippen molar-refractivity contribution in [2.75, 3.05) is 0 Å². The number of fused-ring (bicyclic) bond motifs is 1. The van der Waals surface area contributed by atoms with Crippen molar-refractivity contribution in [2.24, 2.45) is 0 Å². The predicted octanol–water partition coefficient (Wildman–Crippen LogP) is 4.98. The van der Waals surface area contributed by atoms with Gasteiger partial charge in [-0.25, -0.2) is 9.48 Å². The first-order chi connectivity index (χ1) is 16.7. The van der Waals surface area contributed by atoms with E-state index in [1.807, 2.05) is 78.9 Å². The number of hydrogen-bond acceptors (Lipinski definition) is 4. The Bertz CT molecular complexity index is 1530. The number of aromatic nitrogens is 2. The molecule has 5 rings (SSSR count). The summed E-state index contributed by atoms with van der Waals surface area (Å²) in [5.74, 6) is -0.243. The van der Waals surface area contributed by atoms with Crippen LogP contribution in [0.25, 0.3) is 34.0 Å². The van der Waals surface area contributed by atoms with Gasteiger partial charge >= 0.3 is 5.63 Å². The van der Waals surface area contributed by atoms with Gasteiger partial charge in [-0.15, -0.1) is 0 Å². The van der Waals surface area contributed by atoms with Gasteiger partial charge < -0.3 is 9.73 Å². The van der Waals surface area contributed by atoms with E-state index in [0.717, 1.165) is 16.6 Å². The molecule has 2 aromatic heterocycles. The molecular weight excluding hydrogens is 426 g/mol. The first-order valence-corrected chi connectivity index (χ1v) is 10.9. The molecule has 6 nitrogen and oxygen atoms in total. The fourth-order valence-corrected chi connectivity index (χ4v) is 3.67. The summed E-state index contributed by atoms with van der Waals surface area (Å²) < 4.78 is 7.21. The topological polar surface area (TPSA) is 77.1 Å². The minimum atomic E-state index is -0.486. The fraction of sp³-hybridized carbons (Fsp3) is 0.0357. The zero-order chi connectivity index (χ0) is 23.3. The maximum atomic E-state index is 12.8. The van der Waals surface area contributed by atoms with Crippen molar-refractivity contribution in [3.63, 3.8) is 0 Å². The van der Waals surface area contributed by atoms with Gasteiger partial charge in [0, 0.05) is 29.8 Å². The third-order valence-corrected chi connectivity index (χ3v) is 5.38. The molecule has 2 heterocycles. The zero-order valence-electron chi connectivity index (χ0n) is 18.2. The summed E-state index contributed by atoms with van der Waals surface area (Å²) in [5, 5.41) is 8.33. The third-order valence-electron chi connectivity index (χ3n) is 5.38. The number of nitrogens with one attached hydrogen (secondary N) is 1. The lowest BCUT2D eigenvalue weighted by molar-refractivity contribution is -0.116. The molecule has 0 atom stereocenters.